The molecule has 1 aliphatic carbocycles. The molecule has 2 heterocycles. The van der Waals surface area contributed by atoms with Crippen LogP contribution in [0.3, 0.4) is 0 Å². The van der Waals surface area contributed by atoms with Gasteiger partial charge in [0.05, 0.1) is 23.5 Å². The molecule has 3 rings (SSSR count). The van der Waals surface area contributed by atoms with Gasteiger partial charge in [0.15, 0.2) is 5.69 Å². The number of aromatic nitrogens is 3. The molecule has 0 saturated heterocycles. The second-order valence-corrected chi connectivity index (χ2v) is 5.36. The number of carbonyl (C=O) groups excluding carboxylic acids is 2. The quantitative estimate of drug-likeness (QED) is 0.832. The normalized spacial score (nSPS) is 14.3. The number of nitrogens with one attached hydrogen (secondary N) is 2. The lowest BCUT2D eigenvalue weighted by Gasteiger charge is -2.24. The van der Waals surface area contributed by atoms with Crippen LogP contribution in [0.5, 0.6) is 0 Å². The van der Waals surface area contributed by atoms with Crippen LogP contribution in [0.25, 0.3) is 0 Å². The molecule has 7 nitrogen and oxygen atoms in total. The van der Waals surface area contributed by atoms with Gasteiger partial charge in [-0.25, -0.2) is 0 Å². The number of pyridine rings is 1. The van der Waals surface area contributed by atoms with Crippen molar-refractivity contribution in [2.24, 2.45) is 0 Å². The fourth-order valence-electron chi connectivity index (χ4n) is 2.00. The van der Waals surface area contributed by atoms with Gasteiger partial charge in [-0.3, -0.25) is 25.4 Å². The van der Waals surface area contributed by atoms with Gasteiger partial charge in [-0.15, -0.1) is 0 Å². The molecule has 1 fully saturated rings. The van der Waals surface area contributed by atoms with Crippen LogP contribution in [0.15, 0.2) is 24.5 Å². The van der Waals surface area contributed by atoms with E-state index in [1.54, 1.807) is 6.07 Å². The second kappa shape index (κ2) is 5.96. The smallest absolute Gasteiger partial charge is 0.267 e. The van der Waals surface area contributed by atoms with Gasteiger partial charge in [0, 0.05) is 17.8 Å². The molecule has 0 aliphatic heterocycles. The number of rotatable bonds is 3. The Hall–Kier alpha value is -2.35. The molecule has 2 aromatic rings. The first kappa shape index (κ1) is 13.6. The molecule has 2 amide bonds. The topological polar surface area (TPSA) is 96.9 Å². The predicted octanol–water partition coefficient (Wildman–Crippen LogP) is 1.28. The molecule has 108 valence electrons. The van der Waals surface area contributed by atoms with E-state index in [4.69, 9.17) is 0 Å². The summed E-state index contributed by atoms with van der Waals surface area (Å²) in [6, 6.07) is 3.58. The van der Waals surface area contributed by atoms with E-state index in [2.05, 4.69) is 24.6 Å². The third-order valence-corrected chi connectivity index (χ3v) is 3.93. The Morgan fingerprint density at radius 1 is 1.14 bits per heavy atom. The van der Waals surface area contributed by atoms with Crippen LogP contribution in [0.4, 0.5) is 0 Å². The molecule has 2 aromatic heterocycles. The Bertz CT molecular complexity index is 637. The van der Waals surface area contributed by atoms with Crippen molar-refractivity contribution in [2.75, 3.05) is 0 Å². The van der Waals surface area contributed by atoms with E-state index < -0.39 is 11.8 Å². The minimum Gasteiger partial charge on any atom is -0.267 e. The first-order chi connectivity index (χ1) is 10.2. The Kier molecular flexibility index (Phi) is 3.87. The summed E-state index contributed by atoms with van der Waals surface area (Å²) in [5, 5.41) is 0. The number of hydrazine groups is 1. The lowest BCUT2D eigenvalue weighted by atomic mass is 9.82. The number of nitrogens with zero attached hydrogens (tertiary/aromatic N) is 3. The molecule has 0 atom stereocenters. The van der Waals surface area contributed by atoms with E-state index in [9.17, 15) is 9.59 Å². The van der Waals surface area contributed by atoms with E-state index in [1.165, 1.54) is 18.8 Å². The Balaban J connectivity index is 1.56. The van der Waals surface area contributed by atoms with Crippen molar-refractivity contribution < 1.29 is 9.59 Å². The summed E-state index contributed by atoms with van der Waals surface area (Å²) >= 11 is 0.927. The second-order valence-electron chi connectivity index (χ2n) is 4.80. The lowest BCUT2D eigenvalue weighted by molar-refractivity contribution is 0.0844. The molecule has 0 radical (unpaired) electrons. The average Bonchev–Trinajstić information content (AvgIpc) is 2.97. The fourth-order valence-corrected chi connectivity index (χ4v) is 2.41. The van der Waals surface area contributed by atoms with Crippen molar-refractivity contribution in [1.82, 2.24) is 24.6 Å². The van der Waals surface area contributed by atoms with E-state index >= 15 is 0 Å². The van der Waals surface area contributed by atoms with Gasteiger partial charge in [0.25, 0.3) is 11.8 Å². The summed E-state index contributed by atoms with van der Waals surface area (Å²) in [5.41, 5.74) is 6.19. The van der Waals surface area contributed by atoms with Gasteiger partial charge in [-0.2, -0.15) is 8.75 Å². The maximum atomic E-state index is 11.9. The predicted molar refractivity (Wildman–Crippen MR) is 75.7 cm³/mol. The van der Waals surface area contributed by atoms with Crippen LogP contribution >= 0.6 is 11.7 Å². The molecule has 1 aliphatic rings. The molecule has 1 saturated carbocycles. The summed E-state index contributed by atoms with van der Waals surface area (Å²) < 4.78 is 7.48. The van der Waals surface area contributed by atoms with Gasteiger partial charge in [-0.1, -0.05) is 6.42 Å². The van der Waals surface area contributed by atoms with Gasteiger partial charge >= 0.3 is 0 Å². The van der Waals surface area contributed by atoms with Crippen LogP contribution in [-0.4, -0.2) is 25.5 Å². The summed E-state index contributed by atoms with van der Waals surface area (Å²) in [6.45, 7) is 0. The summed E-state index contributed by atoms with van der Waals surface area (Å²) in [6.07, 6.45) is 6.43. The lowest BCUT2D eigenvalue weighted by Crippen LogP contribution is -2.41. The molecule has 0 unspecified atom stereocenters. The van der Waals surface area contributed by atoms with Crippen molar-refractivity contribution in [3.8, 4) is 0 Å². The highest BCUT2D eigenvalue weighted by atomic mass is 32.1. The van der Waals surface area contributed by atoms with Crippen LogP contribution in [-0.2, 0) is 0 Å². The number of amides is 2. The standard InChI is InChI=1S/C13H13N5O2S/c19-12(16-17-13(20)11-7-15-21-18-11)9-4-5-10(14-6-9)8-2-1-3-8/h4-8H,1-3H2,(H,16,19)(H,17,20). The summed E-state index contributed by atoms with van der Waals surface area (Å²) in [5.74, 6) is -0.394. The zero-order chi connectivity index (χ0) is 14.7. The van der Waals surface area contributed by atoms with Crippen molar-refractivity contribution in [1.29, 1.82) is 0 Å². The molecule has 0 aromatic carbocycles. The molecular formula is C13H13N5O2S. The van der Waals surface area contributed by atoms with Crippen LogP contribution in [0.2, 0.25) is 0 Å². The van der Waals surface area contributed by atoms with Gasteiger partial charge < -0.3 is 0 Å². The maximum absolute atomic E-state index is 11.9. The molecule has 8 heteroatoms. The van der Waals surface area contributed by atoms with Gasteiger partial charge in [0.1, 0.15) is 0 Å². The first-order valence-electron chi connectivity index (χ1n) is 6.58. The average molecular weight is 303 g/mol. The monoisotopic (exact) mass is 303 g/mol. The van der Waals surface area contributed by atoms with Crippen molar-refractivity contribution >= 4 is 23.5 Å². The third kappa shape index (κ3) is 3.05. The zero-order valence-corrected chi connectivity index (χ0v) is 11.9. The summed E-state index contributed by atoms with van der Waals surface area (Å²) in [7, 11) is 0. The zero-order valence-electron chi connectivity index (χ0n) is 11.1. The van der Waals surface area contributed by atoms with Crippen molar-refractivity contribution in [3.05, 3.63) is 41.5 Å². The van der Waals surface area contributed by atoms with Crippen LogP contribution in [0, 0.1) is 0 Å². The number of hydrogen-bond donors (Lipinski definition) is 2. The molecule has 0 bridgehead atoms. The van der Waals surface area contributed by atoms with Gasteiger partial charge in [0.2, 0.25) is 0 Å². The minimum atomic E-state index is -0.504. The number of hydrogen-bond acceptors (Lipinski definition) is 6. The van der Waals surface area contributed by atoms with E-state index in [1.807, 2.05) is 6.07 Å². The Labute approximate surface area is 125 Å². The largest absolute Gasteiger partial charge is 0.291 e. The SMILES string of the molecule is O=C(NNC(=O)c1cnsn1)c1ccc(C2CCC2)nc1. The van der Waals surface area contributed by atoms with E-state index in [0.29, 0.717) is 11.5 Å². The van der Waals surface area contributed by atoms with Crippen molar-refractivity contribution in [3.63, 3.8) is 0 Å². The Morgan fingerprint density at radius 2 is 1.95 bits per heavy atom. The maximum Gasteiger partial charge on any atom is 0.291 e. The van der Waals surface area contributed by atoms with Crippen LogP contribution in [0.1, 0.15) is 51.7 Å². The molecule has 2 N–H and O–H groups in total. The minimum absolute atomic E-state index is 0.166. The highest BCUT2D eigenvalue weighted by Gasteiger charge is 2.21. The van der Waals surface area contributed by atoms with Gasteiger partial charge in [-0.05, 0) is 25.0 Å². The van der Waals surface area contributed by atoms with Crippen molar-refractivity contribution in [2.45, 2.75) is 25.2 Å². The highest BCUT2D eigenvalue weighted by molar-refractivity contribution is 6.99. The first-order valence-corrected chi connectivity index (χ1v) is 7.31. The summed E-state index contributed by atoms with van der Waals surface area (Å²) in [4.78, 5) is 27.8. The Morgan fingerprint density at radius 3 is 2.52 bits per heavy atom. The molecular weight excluding hydrogens is 290 g/mol. The van der Waals surface area contributed by atoms with E-state index in [0.717, 1.165) is 30.3 Å². The van der Waals surface area contributed by atoms with E-state index in [-0.39, 0.29) is 5.69 Å². The molecule has 0 spiro atoms. The highest BCUT2D eigenvalue weighted by Crippen LogP contribution is 2.34. The third-order valence-electron chi connectivity index (χ3n) is 3.46. The van der Waals surface area contributed by atoms with Crippen LogP contribution < -0.4 is 10.9 Å². The number of carbonyl (C=O) groups is 2. The molecule has 21 heavy (non-hydrogen) atoms. The fraction of sp³-hybridized carbons (Fsp3) is 0.308.